The van der Waals surface area contributed by atoms with E-state index in [1.165, 1.54) is 0 Å². The Morgan fingerprint density at radius 3 is 1.31 bits per heavy atom. The van der Waals surface area contributed by atoms with Crippen LogP contribution < -0.4 is 47.9 Å². The molecule has 0 saturated heterocycles. The monoisotopic (exact) mass is 198 g/mol. The summed E-state index contributed by atoms with van der Waals surface area (Å²) in [6, 6.07) is 0. The molecule has 0 bridgehead atoms. The van der Waals surface area contributed by atoms with E-state index in [4.69, 9.17) is 0 Å². The number of hydrogen-bond donors (Lipinski definition) is 0. The summed E-state index contributed by atoms with van der Waals surface area (Å²) in [4.78, 5) is 18.8. The van der Waals surface area contributed by atoms with E-state index in [9.17, 15) is 28.2 Å². The van der Waals surface area contributed by atoms with E-state index in [1.54, 1.807) is 0 Å². The Kier molecular flexibility index (Phi) is 10.1. The molecular formula is C2Li2O8S. The van der Waals surface area contributed by atoms with Gasteiger partial charge in [0.1, 0.15) is 0 Å². The van der Waals surface area contributed by atoms with Crippen LogP contribution in [0.15, 0.2) is 0 Å². The van der Waals surface area contributed by atoms with Crippen molar-refractivity contribution in [3.8, 4) is 0 Å². The van der Waals surface area contributed by atoms with E-state index in [0.29, 0.717) is 0 Å². The molecule has 0 N–H and O–H groups in total. The van der Waals surface area contributed by atoms with Gasteiger partial charge in [-0.25, -0.2) is 0 Å². The van der Waals surface area contributed by atoms with Crippen LogP contribution in [0.5, 0.6) is 0 Å². The van der Waals surface area contributed by atoms with Gasteiger partial charge >= 0.3 is 48.1 Å². The normalized spacial score (nSPS) is 8.62. The van der Waals surface area contributed by atoms with Crippen molar-refractivity contribution in [1.82, 2.24) is 0 Å². The molecule has 0 spiro atoms. The van der Waals surface area contributed by atoms with E-state index < -0.39 is 22.7 Å². The molecule has 0 aliphatic rings. The Morgan fingerprint density at radius 2 is 1.15 bits per heavy atom. The van der Waals surface area contributed by atoms with Crippen LogP contribution in [0, 0.1) is 0 Å². The second kappa shape index (κ2) is 7.12. The Labute approximate surface area is 96.9 Å². The van der Waals surface area contributed by atoms with Gasteiger partial charge in [0.15, 0.2) is 0 Å². The van der Waals surface area contributed by atoms with Gasteiger partial charge in [-0.2, -0.15) is 8.42 Å². The van der Waals surface area contributed by atoms with Gasteiger partial charge in [0, 0.05) is 0 Å². The number of carboxylic acid groups (broad SMARTS) is 2. The fourth-order valence-electron chi connectivity index (χ4n) is 0.184. The van der Waals surface area contributed by atoms with Crippen LogP contribution in [0.2, 0.25) is 0 Å². The molecular weight excluding hydrogens is 198 g/mol. The second-order valence-corrected chi connectivity index (χ2v) is 2.22. The smallest absolute Gasteiger partial charge is 0.425 e. The maximum atomic E-state index is 9.97. The number of rotatable bonds is 2. The van der Waals surface area contributed by atoms with Gasteiger partial charge in [-0.15, -0.1) is 0 Å². The minimum Gasteiger partial charge on any atom is -0.425 e. The molecule has 64 valence electrons. The fraction of sp³-hybridized carbons (Fsp3) is 0. The zero-order valence-electron chi connectivity index (χ0n) is 6.67. The average molecular weight is 198 g/mol. The van der Waals surface area contributed by atoms with Gasteiger partial charge in [-0.1, -0.05) is 0 Å². The predicted octanol–water partition coefficient (Wildman–Crippen LogP) is -9.04. The summed E-state index contributed by atoms with van der Waals surface area (Å²) in [7, 11) is -5.10. The summed E-state index contributed by atoms with van der Waals surface area (Å²) in [5, 5.41) is 18.8. The summed E-state index contributed by atoms with van der Waals surface area (Å²) >= 11 is 0. The van der Waals surface area contributed by atoms with Crippen molar-refractivity contribution in [3.05, 3.63) is 0 Å². The second-order valence-electron chi connectivity index (χ2n) is 1.07. The topological polar surface area (TPSA) is 133 Å². The minimum atomic E-state index is -5.10. The number of carbonyl (C=O) groups is 2. The molecule has 0 aliphatic heterocycles. The molecule has 13 heavy (non-hydrogen) atoms. The van der Waals surface area contributed by atoms with E-state index in [1.807, 2.05) is 0 Å². The summed E-state index contributed by atoms with van der Waals surface area (Å²) < 4.78 is 25.7. The van der Waals surface area contributed by atoms with Crippen LogP contribution in [0.1, 0.15) is 0 Å². The van der Waals surface area contributed by atoms with Crippen LogP contribution >= 0.6 is 0 Å². The first kappa shape index (κ1) is 18.5. The Bertz CT molecular complexity index is 246. The molecule has 0 fully saturated rings. The van der Waals surface area contributed by atoms with Crippen LogP contribution in [0.4, 0.5) is 9.59 Å². The Morgan fingerprint density at radius 1 is 0.923 bits per heavy atom. The summed E-state index contributed by atoms with van der Waals surface area (Å²) in [5.74, 6) is 0. The first-order valence-electron chi connectivity index (χ1n) is 1.89. The maximum Gasteiger partial charge on any atom is 1.00 e. The van der Waals surface area contributed by atoms with E-state index in [-0.39, 0.29) is 37.7 Å². The molecule has 11 heteroatoms. The van der Waals surface area contributed by atoms with Crippen LogP contribution in [-0.2, 0) is 18.8 Å². The van der Waals surface area contributed by atoms with Crippen molar-refractivity contribution >= 4 is 22.7 Å². The van der Waals surface area contributed by atoms with Crippen molar-refractivity contribution in [2.45, 2.75) is 0 Å². The van der Waals surface area contributed by atoms with E-state index in [0.717, 1.165) is 0 Å². The Balaban J connectivity index is -0.000000500. The third kappa shape index (κ3) is 11.7. The zero-order valence-corrected chi connectivity index (χ0v) is 7.49. The predicted molar refractivity (Wildman–Crippen MR) is 21.9 cm³/mol. The fourth-order valence-corrected chi connectivity index (χ4v) is 0.551. The summed E-state index contributed by atoms with van der Waals surface area (Å²) in [6.07, 6.45) is -4.91. The van der Waals surface area contributed by atoms with E-state index >= 15 is 0 Å². The van der Waals surface area contributed by atoms with Crippen molar-refractivity contribution in [3.63, 3.8) is 0 Å². The summed E-state index contributed by atoms with van der Waals surface area (Å²) in [6.45, 7) is 0. The first-order valence-corrected chi connectivity index (χ1v) is 3.22. The van der Waals surface area contributed by atoms with Crippen molar-refractivity contribution in [1.29, 1.82) is 0 Å². The van der Waals surface area contributed by atoms with Crippen LogP contribution in [0.3, 0.4) is 0 Å². The van der Waals surface area contributed by atoms with Crippen LogP contribution in [-0.4, -0.2) is 20.7 Å². The first-order chi connectivity index (χ1) is 4.83. The molecule has 0 atom stereocenters. The van der Waals surface area contributed by atoms with Crippen molar-refractivity contribution in [2.24, 2.45) is 0 Å². The van der Waals surface area contributed by atoms with Gasteiger partial charge in [0.05, 0.1) is 0 Å². The van der Waals surface area contributed by atoms with E-state index in [2.05, 4.69) is 8.37 Å². The molecule has 0 aliphatic carbocycles. The molecule has 0 heterocycles. The van der Waals surface area contributed by atoms with Crippen LogP contribution in [0.25, 0.3) is 0 Å². The van der Waals surface area contributed by atoms with Gasteiger partial charge in [-0.3, -0.25) is 0 Å². The largest absolute Gasteiger partial charge is 1.00 e. The van der Waals surface area contributed by atoms with Crippen molar-refractivity contribution in [2.75, 3.05) is 0 Å². The molecule has 0 rings (SSSR count). The molecule has 0 saturated carbocycles. The standard InChI is InChI=1S/C2H2O8S.2Li/c3-1(4)9-11(7,8)10-2(5)6;;/h(H,3,4)(H,5,6);;/q;2*+1/p-2. The molecule has 0 aromatic rings. The van der Waals surface area contributed by atoms with Crippen molar-refractivity contribution < 1.29 is 74.3 Å². The third-order valence-electron chi connectivity index (χ3n) is 0.340. The van der Waals surface area contributed by atoms with Gasteiger partial charge < -0.3 is 28.2 Å². The quantitative estimate of drug-likeness (QED) is 0.399. The van der Waals surface area contributed by atoms with Gasteiger partial charge in [-0.05, 0) is 0 Å². The zero-order chi connectivity index (χ0) is 9.07. The Hall–Kier alpha value is -0.315. The molecule has 0 aromatic carbocycles. The molecule has 0 aromatic heterocycles. The molecule has 0 unspecified atom stereocenters. The number of hydrogen-bond acceptors (Lipinski definition) is 8. The summed E-state index contributed by atoms with van der Waals surface area (Å²) in [5.41, 5.74) is 0. The number of carbonyl (C=O) groups excluding carboxylic acids is 2. The maximum absolute atomic E-state index is 9.97. The molecule has 0 amide bonds. The average Bonchev–Trinajstić information content (AvgIpc) is 1.53. The molecule has 0 radical (unpaired) electrons. The van der Waals surface area contributed by atoms with Gasteiger partial charge in [0.2, 0.25) is 0 Å². The molecule has 8 nitrogen and oxygen atoms in total. The SMILES string of the molecule is O=C([O-])OS(=O)(=O)OC(=O)[O-].[Li+].[Li+]. The minimum absolute atomic E-state index is 0. The van der Waals surface area contributed by atoms with Gasteiger partial charge in [0.25, 0.3) is 12.3 Å². The third-order valence-corrected chi connectivity index (χ3v) is 1.02.